The molecule has 1 nitrogen and oxygen atoms in total. The van der Waals surface area contributed by atoms with E-state index >= 15 is 0 Å². The lowest BCUT2D eigenvalue weighted by Gasteiger charge is -2.15. The zero-order chi connectivity index (χ0) is 20.6. The van der Waals surface area contributed by atoms with E-state index in [0.717, 1.165) is 22.9 Å². The van der Waals surface area contributed by atoms with E-state index in [1.165, 1.54) is 6.07 Å². The number of H-pyrrole nitrogens is 1. The van der Waals surface area contributed by atoms with Gasteiger partial charge in [0.15, 0.2) is 0 Å². The summed E-state index contributed by atoms with van der Waals surface area (Å²) in [7, 11) is 0. The number of aromatic nitrogens is 1. The average Bonchev–Trinajstić information content (AvgIpc) is 3.06. The number of hydrogen-bond donors (Lipinski definition) is 1. The summed E-state index contributed by atoms with van der Waals surface area (Å²) in [5.41, 5.74) is 2.99. The molecule has 0 saturated heterocycles. The zero-order valence-electron chi connectivity index (χ0n) is 15.5. The van der Waals surface area contributed by atoms with Crippen LogP contribution in [0.2, 0.25) is 0 Å². The Labute approximate surface area is 165 Å². The molecule has 146 valence electrons. The molecule has 4 aromatic rings. The lowest BCUT2D eigenvalue weighted by atomic mass is 9.90. The van der Waals surface area contributed by atoms with Gasteiger partial charge in [-0.3, -0.25) is 0 Å². The predicted octanol–water partition coefficient (Wildman–Crippen LogP) is 7.48. The third-order valence-electron chi connectivity index (χ3n) is 4.87. The molecule has 0 amide bonds. The fourth-order valence-corrected chi connectivity index (χ4v) is 3.65. The minimum atomic E-state index is -4.68. The highest BCUT2D eigenvalue weighted by Crippen LogP contribution is 2.46. The smallest absolute Gasteiger partial charge is 0.358 e. The van der Waals surface area contributed by atoms with Gasteiger partial charge in [-0.25, -0.2) is 4.39 Å². The first-order valence-electron chi connectivity index (χ1n) is 9.07. The van der Waals surface area contributed by atoms with Crippen molar-refractivity contribution in [2.24, 2.45) is 0 Å². The van der Waals surface area contributed by atoms with E-state index < -0.39 is 17.6 Å². The number of aryl methyl sites for hydroxylation is 1. The first-order chi connectivity index (χ1) is 13.9. The molecule has 0 saturated carbocycles. The Balaban J connectivity index is 2.08. The maximum atomic E-state index is 13.7. The highest BCUT2D eigenvalue weighted by Gasteiger charge is 2.36. The Hall–Kier alpha value is -3.34. The SMILES string of the molecule is Cc1[nH]c(-c2ccccc2)c(-c2ccccc2)c1-c1ccc(F)cc1C(F)(F)F. The van der Waals surface area contributed by atoms with Gasteiger partial charge in [-0.15, -0.1) is 0 Å². The van der Waals surface area contributed by atoms with Crippen LogP contribution in [0.3, 0.4) is 0 Å². The van der Waals surface area contributed by atoms with E-state index in [9.17, 15) is 17.6 Å². The van der Waals surface area contributed by atoms with Crippen LogP contribution in [0.15, 0.2) is 78.9 Å². The van der Waals surface area contributed by atoms with Crippen LogP contribution in [-0.2, 0) is 6.18 Å². The molecule has 0 radical (unpaired) electrons. The van der Waals surface area contributed by atoms with Crippen molar-refractivity contribution < 1.29 is 17.6 Å². The first-order valence-corrected chi connectivity index (χ1v) is 9.07. The van der Waals surface area contributed by atoms with Crippen molar-refractivity contribution in [3.05, 3.63) is 95.9 Å². The lowest BCUT2D eigenvalue weighted by Crippen LogP contribution is -2.08. The van der Waals surface area contributed by atoms with Crippen molar-refractivity contribution in [3.8, 4) is 33.5 Å². The van der Waals surface area contributed by atoms with Gasteiger partial charge in [0.2, 0.25) is 0 Å². The Bertz CT molecular complexity index is 1140. The molecule has 0 spiro atoms. The van der Waals surface area contributed by atoms with Crippen molar-refractivity contribution in [2.45, 2.75) is 13.1 Å². The second-order valence-electron chi connectivity index (χ2n) is 6.79. The number of halogens is 4. The maximum Gasteiger partial charge on any atom is 0.417 e. The first kappa shape index (κ1) is 19.0. The summed E-state index contributed by atoms with van der Waals surface area (Å²) in [5, 5.41) is 0. The van der Waals surface area contributed by atoms with E-state index in [1.807, 2.05) is 60.7 Å². The largest absolute Gasteiger partial charge is 0.417 e. The van der Waals surface area contributed by atoms with Crippen molar-refractivity contribution in [1.29, 1.82) is 0 Å². The molecule has 0 fully saturated rings. The molecule has 1 aromatic heterocycles. The maximum absolute atomic E-state index is 13.7. The fourth-order valence-electron chi connectivity index (χ4n) is 3.65. The third-order valence-corrected chi connectivity index (χ3v) is 4.87. The second-order valence-corrected chi connectivity index (χ2v) is 6.79. The molecular weight excluding hydrogens is 378 g/mol. The van der Waals surface area contributed by atoms with E-state index in [0.29, 0.717) is 22.9 Å². The fraction of sp³-hybridized carbons (Fsp3) is 0.0833. The molecule has 0 atom stereocenters. The Morgan fingerprint density at radius 1 is 0.724 bits per heavy atom. The Morgan fingerprint density at radius 3 is 1.90 bits per heavy atom. The van der Waals surface area contributed by atoms with Crippen LogP contribution >= 0.6 is 0 Å². The summed E-state index contributed by atoms with van der Waals surface area (Å²) in [5.74, 6) is -0.918. The second kappa shape index (κ2) is 7.24. The van der Waals surface area contributed by atoms with Crippen LogP contribution in [0.25, 0.3) is 33.5 Å². The minimum absolute atomic E-state index is 0.0475. The van der Waals surface area contributed by atoms with E-state index in [1.54, 1.807) is 6.92 Å². The molecule has 3 aromatic carbocycles. The van der Waals surface area contributed by atoms with Crippen molar-refractivity contribution in [1.82, 2.24) is 4.98 Å². The number of aromatic amines is 1. The van der Waals surface area contributed by atoms with E-state index in [-0.39, 0.29) is 5.56 Å². The number of alkyl halides is 3. The van der Waals surface area contributed by atoms with Gasteiger partial charge in [-0.05, 0) is 35.7 Å². The van der Waals surface area contributed by atoms with Crippen LogP contribution in [0.1, 0.15) is 11.3 Å². The Morgan fingerprint density at radius 2 is 1.31 bits per heavy atom. The average molecular weight is 395 g/mol. The van der Waals surface area contributed by atoms with E-state index in [2.05, 4.69) is 4.98 Å². The van der Waals surface area contributed by atoms with Crippen LogP contribution in [0.4, 0.5) is 17.6 Å². The van der Waals surface area contributed by atoms with Crippen LogP contribution < -0.4 is 0 Å². The van der Waals surface area contributed by atoms with Gasteiger partial charge in [-0.1, -0.05) is 66.7 Å². The molecule has 0 aliphatic rings. The van der Waals surface area contributed by atoms with Gasteiger partial charge in [0.1, 0.15) is 5.82 Å². The van der Waals surface area contributed by atoms with E-state index in [4.69, 9.17) is 0 Å². The van der Waals surface area contributed by atoms with Gasteiger partial charge in [0.25, 0.3) is 0 Å². The summed E-state index contributed by atoms with van der Waals surface area (Å²) >= 11 is 0. The molecular formula is C24H17F4N. The number of hydrogen-bond acceptors (Lipinski definition) is 0. The van der Waals surface area contributed by atoms with Gasteiger partial charge in [0.05, 0.1) is 11.3 Å². The normalized spacial score (nSPS) is 11.6. The van der Waals surface area contributed by atoms with Crippen LogP contribution in [0, 0.1) is 12.7 Å². The van der Waals surface area contributed by atoms with Crippen molar-refractivity contribution in [2.75, 3.05) is 0 Å². The molecule has 0 unspecified atom stereocenters. The van der Waals surface area contributed by atoms with Gasteiger partial charge >= 0.3 is 6.18 Å². The molecule has 5 heteroatoms. The highest BCUT2D eigenvalue weighted by atomic mass is 19.4. The topological polar surface area (TPSA) is 15.8 Å². The summed E-state index contributed by atoms with van der Waals surface area (Å²) in [6.07, 6.45) is -4.68. The zero-order valence-corrected chi connectivity index (χ0v) is 15.5. The van der Waals surface area contributed by atoms with Gasteiger partial charge in [-0.2, -0.15) is 13.2 Å². The molecule has 0 aliphatic heterocycles. The predicted molar refractivity (Wildman–Crippen MR) is 107 cm³/mol. The summed E-state index contributed by atoms with van der Waals surface area (Å²) in [4.78, 5) is 3.26. The molecule has 29 heavy (non-hydrogen) atoms. The summed E-state index contributed by atoms with van der Waals surface area (Å²) < 4.78 is 54.9. The number of rotatable bonds is 3. The van der Waals surface area contributed by atoms with Crippen LogP contribution in [0.5, 0.6) is 0 Å². The quantitative estimate of drug-likeness (QED) is 0.346. The van der Waals surface area contributed by atoms with Gasteiger partial charge in [0, 0.05) is 16.8 Å². The Kier molecular flexibility index (Phi) is 4.74. The monoisotopic (exact) mass is 395 g/mol. The number of nitrogens with one attached hydrogen (secondary N) is 1. The van der Waals surface area contributed by atoms with Crippen molar-refractivity contribution >= 4 is 0 Å². The molecule has 0 bridgehead atoms. The number of benzene rings is 3. The summed E-state index contributed by atoms with van der Waals surface area (Å²) in [6.45, 7) is 1.73. The molecule has 4 rings (SSSR count). The minimum Gasteiger partial charge on any atom is -0.358 e. The molecule has 1 heterocycles. The van der Waals surface area contributed by atoms with Crippen molar-refractivity contribution in [3.63, 3.8) is 0 Å². The highest BCUT2D eigenvalue weighted by molar-refractivity contribution is 5.96. The molecule has 1 N–H and O–H groups in total. The molecule has 0 aliphatic carbocycles. The third kappa shape index (κ3) is 3.56. The standard InChI is InChI=1S/C24H17F4N/c1-15-21(19-13-12-18(25)14-20(19)24(26,27)28)22(16-8-4-2-5-9-16)23(29-15)17-10-6-3-7-11-17/h2-14,29H,1H3. The lowest BCUT2D eigenvalue weighted by molar-refractivity contribution is -0.137. The van der Waals surface area contributed by atoms with Crippen LogP contribution in [-0.4, -0.2) is 4.98 Å². The summed E-state index contributed by atoms with van der Waals surface area (Å²) in [6, 6.07) is 21.5. The van der Waals surface area contributed by atoms with Gasteiger partial charge < -0.3 is 4.98 Å².